The molecule has 1 N–H and O–H groups in total. The van der Waals surface area contributed by atoms with Crippen LogP contribution < -0.4 is 10.9 Å². The van der Waals surface area contributed by atoms with Gasteiger partial charge in [0.25, 0.3) is 5.56 Å². The lowest BCUT2D eigenvalue weighted by molar-refractivity contribution is -0.113. The molecular weight excluding hydrogens is 396 g/mol. The van der Waals surface area contributed by atoms with E-state index in [-0.39, 0.29) is 17.2 Å². The van der Waals surface area contributed by atoms with E-state index in [4.69, 9.17) is 16.3 Å². The molecule has 0 spiro atoms. The van der Waals surface area contributed by atoms with Gasteiger partial charge in [-0.1, -0.05) is 23.4 Å². The second-order valence-corrected chi connectivity index (χ2v) is 7.45. The molecule has 0 fully saturated rings. The van der Waals surface area contributed by atoms with E-state index in [1.165, 1.54) is 27.7 Å². The van der Waals surface area contributed by atoms with Crippen molar-refractivity contribution in [3.63, 3.8) is 0 Å². The average molecular weight is 411 g/mol. The fourth-order valence-corrected chi connectivity index (χ4v) is 3.77. The van der Waals surface area contributed by atoms with Crippen molar-refractivity contribution in [3.05, 3.63) is 45.2 Å². The summed E-state index contributed by atoms with van der Waals surface area (Å²) in [6.45, 7) is 0.705. The maximum absolute atomic E-state index is 12.8. The van der Waals surface area contributed by atoms with Gasteiger partial charge in [0.15, 0.2) is 10.3 Å². The lowest BCUT2D eigenvalue weighted by Crippen LogP contribution is -2.26. The highest BCUT2D eigenvalue weighted by Crippen LogP contribution is 2.21. The Bertz CT molecular complexity index is 976. The zero-order chi connectivity index (χ0) is 18.5. The highest BCUT2D eigenvalue weighted by molar-refractivity contribution is 7.99. The number of rotatable bonds is 7. The van der Waals surface area contributed by atoms with Gasteiger partial charge in [0.05, 0.1) is 29.8 Å². The van der Waals surface area contributed by atoms with Crippen LogP contribution in [0.3, 0.4) is 0 Å². The molecule has 0 saturated heterocycles. The number of halogens is 1. The zero-order valence-corrected chi connectivity index (χ0v) is 16.2. The summed E-state index contributed by atoms with van der Waals surface area (Å²) in [6, 6.07) is 4.94. The number of nitrogens with one attached hydrogen (secondary N) is 1. The van der Waals surface area contributed by atoms with Crippen LogP contribution in [0.15, 0.2) is 39.7 Å². The third-order valence-electron chi connectivity index (χ3n) is 3.41. The molecule has 0 unspecified atom stereocenters. The Morgan fingerprint density at radius 2 is 2.31 bits per heavy atom. The molecule has 0 aliphatic carbocycles. The number of carbonyl (C=O) groups excluding carboxylic acids is 1. The molecule has 3 rings (SSSR count). The number of benzene rings is 1. The summed E-state index contributed by atoms with van der Waals surface area (Å²) in [4.78, 5) is 33.4. The molecule has 0 atom stereocenters. The van der Waals surface area contributed by atoms with E-state index in [9.17, 15) is 9.59 Å². The molecule has 0 radical (unpaired) electrons. The predicted molar refractivity (Wildman–Crippen MR) is 104 cm³/mol. The standard InChI is InChI=1S/C16H15ClN4O3S2/c1-24-6-5-21-14(23)11-3-2-10(17)8-12(11)19-16(21)26-9-13(22)20-15-18-4-7-25-15/h2-4,7-8H,5-6,9H2,1H3,(H,18,20,22). The van der Waals surface area contributed by atoms with E-state index in [1.807, 2.05) is 0 Å². The van der Waals surface area contributed by atoms with E-state index in [0.29, 0.717) is 39.4 Å². The first-order chi connectivity index (χ1) is 12.6. The quantitative estimate of drug-likeness (QED) is 0.476. The Hall–Kier alpha value is -1.94. The highest BCUT2D eigenvalue weighted by atomic mass is 35.5. The van der Waals surface area contributed by atoms with Gasteiger partial charge in [-0.25, -0.2) is 9.97 Å². The summed E-state index contributed by atoms with van der Waals surface area (Å²) in [6.07, 6.45) is 1.62. The number of anilines is 1. The van der Waals surface area contributed by atoms with Gasteiger partial charge in [-0.15, -0.1) is 11.3 Å². The number of nitrogens with zero attached hydrogens (tertiary/aromatic N) is 3. The minimum Gasteiger partial charge on any atom is -0.383 e. The van der Waals surface area contributed by atoms with E-state index < -0.39 is 0 Å². The lowest BCUT2D eigenvalue weighted by Gasteiger charge is -2.12. The number of hydrogen-bond acceptors (Lipinski definition) is 7. The van der Waals surface area contributed by atoms with E-state index in [1.54, 1.807) is 36.9 Å². The number of amides is 1. The highest BCUT2D eigenvalue weighted by Gasteiger charge is 2.14. The Labute approximate surface area is 162 Å². The molecule has 3 aromatic rings. The number of thiazole rings is 1. The van der Waals surface area contributed by atoms with Crippen molar-refractivity contribution in [1.82, 2.24) is 14.5 Å². The molecule has 2 heterocycles. The van der Waals surface area contributed by atoms with Gasteiger partial charge in [0.2, 0.25) is 5.91 Å². The number of methoxy groups -OCH3 is 1. The van der Waals surface area contributed by atoms with Crippen LogP contribution in [0, 0.1) is 0 Å². The number of thioether (sulfide) groups is 1. The Morgan fingerprint density at radius 3 is 3.04 bits per heavy atom. The summed E-state index contributed by atoms with van der Waals surface area (Å²) in [5, 5.41) is 6.42. The van der Waals surface area contributed by atoms with Gasteiger partial charge in [-0.05, 0) is 18.2 Å². The molecule has 10 heteroatoms. The van der Waals surface area contributed by atoms with Crippen molar-refractivity contribution in [2.24, 2.45) is 0 Å². The molecule has 136 valence electrons. The van der Waals surface area contributed by atoms with Crippen molar-refractivity contribution in [1.29, 1.82) is 0 Å². The topological polar surface area (TPSA) is 86.1 Å². The van der Waals surface area contributed by atoms with Gasteiger partial charge in [-0.2, -0.15) is 0 Å². The maximum Gasteiger partial charge on any atom is 0.262 e. The van der Waals surface area contributed by atoms with Gasteiger partial charge >= 0.3 is 0 Å². The first-order valence-corrected chi connectivity index (χ1v) is 9.84. The SMILES string of the molecule is COCCn1c(SCC(=O)Nc2nccs2)nc2cc(Cl)ccc2c1=O. The second kappa shape index (κ2) is 8.63. The number of carbonyl (C=O) groups is 1. The first kappa shape index (κ1) is 18.8. The normalized spacial score (nSPS) is 11.0. The van der Waals surface area contributed by atoms with Crippen LogP contribution in [0.5, 0.6) is 0 Å². The molecule has 1 aromatic carbocycles. The van der Waals surface area contributed by atoms with Crippen molar-refractivity contribution < 1.29 is 9.53 Å². The van der Waals surface area contributed by atoms with Crippen LogP contribution >= 0.6 is 34.7 Å². The number of ether oxygens (including phenoxy) is 1. The Kier molecular flexibility index (Phi) is 6.25. The minimum absolute atomic E-state index is 0.102. The summed E-state index contributed by atoms with van der Waals surface area (Å²) in [5.41, 5.74) is 0.311. The van der Waals surface area contributed by atoms with Gasteiger partial charge in [0.1, 0.15) is 0 Å². The summed E-state index contributed by atoms with van der Waals surface area (Å²) in [7, 11) is 1.56. The van der Waals surface area contributed by atoms with Crippen LogP contribution in [-0.2, 0) is 16.1 Å². The summed E-state index contributed by atoms with van der Waals surface area (Å²) < 4.78 is 6.59. The number of fused-ring (bicyclic) bond motifs is 1. The van der Waals surface area contributed by atoms with E-state index >= 15 is 0 Å². The number of hydrogen-bond donors (Lipinski definition) is 1. The molecule has 26 heavy (non-hydrogen) atoms. The third-order valence-corrected chi connectivity index (χ3v) is 5.31. The molecule has 1 amide bonds. The molecule has 0 saturated carbocycles. The van der Waals surface area contributed by atoms with E-state index in [2.05, 4.69) is 15.3 Å². The first-order valence-electron chi connectivity index (χ1n) is 7.59. The van der Waals surface area contributed by atoms with Crippen molar-refractivity contribution in [3.8, 4) is 0 Å². The Balaban J connectivity index is 1.87. The van der Waals surface area contributed by atoms with Crippen LogP contribution in [0.1, 0.15) is 0 Å². The molecule has 0 aliphatic rings. The molecular formula is C16H15ClN4O3S2. The monoisotopic (exact) mass is 410 g/mol. The number of aromatic nitrogens is 3. The Morgan fingerprint density at radius 1 is 1.46 bits per heavy atom. The maximum atomic E-state index is 12.8. The second-order valence-electron chi connectivity index (χ2n) is 5.18. The van der Waals surface area contributed by atoms with Crippen molar-refractivity contribution in [2.75, 3.05) is 24.8 Å². The largest absolute Gasteiger partial charge is 0.383 e. The lowest BCUT2D eigenvalue weighted by atomic mass is 10.2. The third kappa shape index (κ3) is 4.42. The molecule has 7 nitrogen and oxygen atoms in total. The minimum atomic E-state index is -0.219. The van der Waals surface area contributed by atoms with Gasteiger partial charge in [0, 0.05) is 23.7 Å². The van der Waals surface area contributed by atoms with Crippen LogP contribution in [0.4, 0.5) is 5.13 Å². The summed E-state index contributed by atoms with van der Waals surface area (Å²) in [5.74, 6) is -0.117. The van der Waals surface area contributed by atoms with Crippen LogP contribution in [0.2, 0.25) is 5.02 Å². The predicted octanol–water partition coefficient (Wildman–Crippen LogP) is 2.88. The fourth-order valence-electron chi connectivity index (χ4n) is 2.23. The zero-order valence-electron chi connectivity index (χ0n) is 13.8. The van der Waals surface area contributed by atoms with Crippen molar-refractivity contribution in [2.45, 2.75) is 11.7 Å². The van der Waals surface area contributed by atoms with E-state index in [0.717, 1.165) is 0 Å². The van der Waals surface area contributed by atoms with Crippen LogP contribution in [-0.4, -0.2) is 39.9 Å². The van der Waals surface area contributed by atoms with Gasteiger partial charge < -0.3 is 10.1 Å². The van der Waals surface area contributed by atoms with Gasteiger partial charge in [-0.3, -0.25) is 14.2 Å². The molecule has 0 bridgehead atoms. The smallest absolute Gasteiger partial charge is 0.262 e. The fraction of sp³-hybridized carbons (Fsp3) is 0.250. The molecule has 2 aromatic heterocycles. The summed E-state index contributed by atoms with van der Waals surface area (Å²) >= 11 is 8.53. The molecule has 0 aliphatic heterocycles. The average Bonchev–Trinajstić information content (AvgIpc) is 3.12. The van der Waals surface area contributed by atoms with Crippen LogP contribution in [0.25, 0.3) is 10.9 Å². The van der Waals surface area contributed by atoms with Crippen molar-refractivity contribution >= 4 is 56.6 Å².